The zero-order chi connectivity index (χ0) is 18.6. The van der Waals surface area contributed by atoms with E-state index in [1.807, 2.05) is 12.1 Å². The Morgan fingerprint density at radius 2 is 1.59 bits per heavy atom. The van der Waals surface area contributed by atoms with Crippen LogP contribution in [0.15, 0.2) is 24.3 Å². The van der Waals surface area contributed by atoms with Crippen molar-refractivity contribution in [2.24, 2.45) is 0 Å². The number of aliphatic hydroxyl groups excluding tert-OH is 1. The van der Waals surface area contributed by atoms with Gasteiger partial charge in [0.2, 0.25) is 0 Å². The van der Waals surface area contributed by atoms with Crippen LogP contribution in [0.2, 0.25) is 5.02 Å². The number of piperidine rings is 2. The smallest absolute Gasteiger partial charge is 0.0822 e. The Labute approximate surface area is 169 Å². The topological polar surface area (TPSA) is 30.0 Å². The summed E-state index contributed by atoms with van der Waals surface area (Å²) >= 11 is 6.15. The number of benzene rings is 1. The van der Waals surface area contributed by atoms with Gasteiger partial charge in [-0.2, -0.15) is 0 Å². The normalized spacial score (nSPS) is 29.6. The maximum Gasteiger partial charge on any atom is 0.0822 e. The van der Waals surface area contributed by atoms with E-state index >= 15 is 0 Å². The first-order chi connectivity index (χ1) is 13.2. The van der Waals surface area contributed by atoms with Gasteiger partial charge in [-0.25, -0.2) is 0 Å². The molecule has 1 N–H and O–H groups in total. The van der Waals surface area contributed by atoms with Gasteiger partial charge in [-0.05, 0) is 63.4 Å². The predicted octanol–water partition coefficient (Wildman–Crippen LogP) is 3.62. The van der Waals surface area contributed by atoms with Crippen LogP contribution in [0.25, 0.3) is 0 Å². The Hall–Kier alpha value is -0.810. The molecule has 0 unspecified atom stereocenters. The zero-order valence-corrected chi connectivity index (χ0v) is 17.2. The number of likely N-dealkylation sites (tertiary alicyclic amines) is 2. The van der Waals surface area contributed by atoms with Crippen LogP contribution in [0.1, 0.15) is 44.9 Å². The highest BCUT2D eigenvalue weighted by molar-refractivity contribution is 6.30. The molecule has 3 heterocycles. The van der Waals surface area contributed by atoms with Crippen molar-refractivity contribution in [3.8, 4) is 0 Å². The van der Waals surface area contributed by atoms with Gasteiger partial charge < -0.3 is 10.0 Å². The van der Waals surface area contributed by atoms with Crippen LogP contribution in [0, 0.1) is 0 Å². The van der Waals surface area contributed by atoms with Crippen LogP contribution in [0.3, 0.4) is 0 Å². The summed E-state index contributed by atoms with van der Waals surface area (Å²) in [5.41, 5.74) is 1.24. The van der Waals surface area contributed by atoms with Crippen LogP contribution in [0.5, 0.6) is 0 Å². The summed E-state index contributed by atoms with van der Waals surface area (Å²) in [6.45, 7) is 6.50. The maximum atomic E-state index is 10.9. The van der Waals surface area contributed by atoms with Gasteiger partial charge in [0.1, 0.15) is 0 Å². The minimum Gasteiger partial charge on any atom is -0.390 e. The van der Waals surface area contributed by atoms with E-state index in [-0.39, 0.29) is 6.10 Å². The highest BCUT2D eigenvalue weighted by Gasteiger charge is 2.35. The first-order valence-electron chi connectivity index (χ1n) is 10.9. The van der Waals surface area contributed by atoms with E-state index in [1.54, 1.807) is 0 Å². The third kappa shape index (κ3) is 4.79. The fraction of sp³-hybridized carbons (Fsp3) is 0.727. The number of nitrogens with zero attached hydrogens (tertiary/aromatic N) is 3. The summed E-state index contributed by atoms with van der Waals surface area (Å²) in [4.78, 5) is 7.59. The SMILES string of the molecule is O[C@@H]1CN(C2CCN(c3cccc(Cl)c3)CC2)CC[C@H]1N1CCCCCC1. The summed E-state index contributed by atoms with van der Waals surface area (Å²) in [5, 5.41) is 11.7. The molecule has 4 rings (SSSR count). The Balaban J connectivity index is 1.28. The molecule has 3 aliphatic rings. The molecule has 3 aliphatic heterocycles. The number of halogens is 1. The fourth-order valence-electron chi connectivity index (χ4n) is 5.29. The molecule has 3 fully saturated rings. The van der Waals surface area contributed by atoms with Gasteiger partial charge in [-0.15, -0.1) is 0 Å². The Bertz CT molecular complexity index is 597. The maximum absolute atomic E-state index is 10.9. The lowest BCUT2D eigenvalue weighted by Crippen LogP contribution is -2.57. The van der Waals surface area contributed by atoms with Crippen molar-refractivity contribution in [1.82, 2.24) is 9.80 Å². The van der Waals surface area contributed by atoms with Crippen LogP contribution in [-0.2, 0) is 0 Å². The van der Waals surface area contributed by atoms with E-state index in [0.29, 0.717) is 12.1 Å². The van der Waals surface area contributed by atoms with E-state index in [2.05, 4.69) is 26.8 Å². The molecule has 0 amide bonds. The molecule has 1 aromatic rings. The van der Waals surface area contributed by atoms with Crippen molar-refractivity contribution in [1.29, 1.82) is 0 Å². The summed E-state index contributed by atoms with van der Waals surface area (Å²) < 4.78 is 0. The number of aliphatic hydroxyl groups is 1. The van der Waals surface area contributed by atoms with Gasteiger partial charge in [0, 0.05) is 49.0 Å². The molecule has 2 atom stereocenters. The molecule has 0 spiro atoms. The van der Waals surface area contributed by atoms with Crippen molar-refractivity contribution in [3.63, 3.8) is 0 Å². The second-order valence-corrected chi connectivity index (χ2v) is 9.00. The number of hydrogen-bond donors (Lipinski definition) is 1. The molecule has 0 saturated carbocycles. The average Bonchev–Trinajstić information content (AvgIpc) is 2.97. The second kappa shape index (κ2) is 9.13. The van der Waals surface area contributed by atoms with Gasteiger partial charge in [0.15, 0.2) is 0 Å². The lowest BCUT2D eigenvalue weighted by molar-refractivity contribution is -0.0279. The molecule has 0 aliphatic carbocycles. The minimum absolute atomic E-state index is 0.192. The first kappa shape index (κ1) is 19.5. The summed E-state index contributed by atoms with van der Waals surface area (Å²) in [7, 11) is 0. The molecule has 4 nitrogen and oxygen atoms in total. The molecule has 0 radical (unpaired) electrons. The molecular weight excluding hydrogens is 358 g/mol. The van der Waals surface area contributed by atoms with Crippen molar-refractivity contribution >= 4 is 17.3 Å². The average molecular weight is 392 g/mol. The molecule has 0 aromatic heterocycles. The third-order valence-electron chi connectivity index (χ3n) is 6.84. The molecule has 27 heavy (non-hydrogen) atoms. The lowest BCUT2D eigenvalue weighted by Gasteiger charge is -2.46. The standard InChI is InChI=1S/C22H34ClN3O/c23-18-6-5-7-20(16-18)24-13-8-19(9-14-24)26-15-10-21(22(27)17-26)25-11-3-1-2-4-12-25/h5-7,16,19,21-22,27H,1-4,8-15,17H2/t21-,22-/m1/s1. The molecule has 3 saturated heterocycles. The van der Waals surface area contributed by atoms with Crippen LogP contribution in [0.4, 0.5) is 5.69 Å². The largest absolute Gasteiger partial charge is 0.390 e. The number of hydrogen-bond acceptors (Lipinski definition) is 4. The number of β-amino-alcohol motifs (C(OH)–C–C–N with tert-alkyl or cyclic N) is 1. The summed E-state index contributed by atoms with van der Waals surface area (Å²) in [6, 6.07) is 9.19. The Kier molecular flexibility index (Phi) is 6.59. The fourth-order valence-corrected chi connectivity index (χ4v) is 5.47. The molecular formula is C22H34ClN3O. The van der Waals surface area contributed by atoms with E-state index < -0.39 is 0 Å². The summed E-state index contributed by atoms with van der Waals surface area (Å²) in [5.74, 6) is 0. The lowest BCUT2D eigenvalue weighted by atomic mass is 9.95. The van der Waals surface area contributed by atoms with Crippen LogP contribution < -0.4 is 4.90 Å². The van der Waals surface area contributed by atoms with Gasteiger partial charge >= 0.3 is 0 Å². The molecule has 0 bridgehead atoms. The van der Waals surface area contributed by atoms with E-state index in [4.69, 9.17) is 11.6 Å². The zero-order valence-electron chi connectivity index (χ0n) is 16.4. The molecule has 1 aromatic carbocycles. The third-order valence-corrected chi connectivity index (χ3v) is 7.08. The molecule has 5 heteroatoms. The Morgan fingerprint density at radius 1 is 0.852 bits per heavy atom. The highest BCUT2D eigenvalue weighted by atomic mass is 35.5. The Morgan fingerprint density at radius 3 is 2.26 bits per heavy atom. The minimum atomic E-state index is -0.192. The summed E-state index contributed by atoms with van der Waals surface area (Å²) in [6.07, 6.45) is 8.59. The van der Waals surface area contributed by atoms with Gasteiger partial charge in [0.25, 0.3) is 0 Å². The second-order valence-electron chi connectivity index (χ2n) is 8.57. The van der Waals surface area contributed by atoms with Crippen LogP contribution >= 0.6 is 11.6 Å². The van der Waals surface area contributed by atoms with E-state index in [1.165, 1.54) is 57.3 Å². The highest BCUT2D eigenvalue weighted by Crippen LogP contribution is 2.28. The van der Waals surface area contributed by atoms with Crippen molar-refractivity contribution in [2.75, 3.05) is 44.2 Å². The number of anilines is 1. The monoisotopic (exact) mass is 391 g/mol. The van der Waals surface area contributed by atoms with Gasteiger partial charge in [0.05, 0.1) is 6.10 Å². The predicted molar refractivity (Wildman–Crippen MR) is 113 cm³/mol. The van der Waals surface area contributed by atoms with Gasteiger partial charge in [-0.3, -0.25) is 9.80 Å². The first-order valence-corrected chi connectivity index (χ1v) is 11.3. The molecule has 150 valence electrons. The van der Waals surface area contributed by atoms with E-state index in [0.717, 1.165) is 37.6 Å². The van der Waals surface area contributed by atoms with Crippen molar-refractivity contribution < 1.29 is 5.11 Å². The van der Waals surface area contributed by atoms with Crippen molar-refractivity contribution in [2.45, 2.75) is 63.1 Å². The number of rotatable bonds is 3. The quantitative estimate of drug-likeness (QED) is 0.852. The van der Waals surface area contributed by atoms with Gasteiger partial charge in [-0.1, -0.05) is 30.5 Å². The van der Waals surface area contributed by atoms with Crippen molar-refractivity contribution in [3.05, 3.63) is 29.3 Å². The van der Waals surface area contributed by atoms with E-state index in [9.17, 15) is 5.11 Å². The van der Waals surface area contributed by atoms with Crippen LogP contribution in [-0.4, -0.2) is 72.4 Å².